The lowest BCUT2D eigenvalue weighted by Gasteiger charge is -2.16. The Morgan fingerprint density at radius 3 is 1.84 bits per heavy atom. The fourth-order valence-electron chi connectivity index (χ4n) is 3.48. The summed E-state index contributed by atoms with van der Waals surface area (Å²) in [6, 6.07) is 16.1. The lowest BCUT2D eigenvalue weighted by Crippen LogP contribution is -2.03. The quantitative estimate of drug-likeness (QED) is 0.412. The van der Waals surface area contributed by atoms with E-state index in [4.69, 9.17) is 4.99 Å². The van der Waals surface area contributed by atoms with Crippen LogP contribution in [0.3, 0.4) is 0 Å². The van der Waals surface area contributed by atoms with Crippen molar-refractivity contribution in [2.75, 3.05) is 0 Å². The van der Waals surface area contributed by atoms with E-state index in [1.165, 1.54) is 12.1 Å². The minimum atomic E-state index is -4.37. The third-order valence-electron chi connectivity index (χ3n) is 5.25. The van der Waals surface area contributed by atoms with Crippen molar-refractivity contribution in [1.29, 1.82) is 0 Å². The predicted octanol–water partition coefficient (Wildman–Crippen LogP) is 8.08. The van der Waals surface area contributed by atoms with Crippen molar-refractivity contribution in [2.45, 2.75) is 45.7 Å². The fraction of sp³-hybridized carbons (Fsp3) is 0.269. The maximum atomic E-state index is 12.8. The van der Waals surface area contributed by atoms with Gasteiger partial charge >= 0.3 is 6.18 Å². The normalized spacial score (nSPS) is 12.3. The first-order valence-corrected chi connectivity index (χ1v) is 10.3. The summed E-state index contributed by atoms with van der Waals surface area (Å²) in [5.41, 5.74) is 4.27. The molecule has 0 unspecified atom stereocenters. The minimum Gasteiger partial charge on any atom is -0.507 e. The van der Waals surface area contributed by atoms with Crippen LogP contribution >= 0.6 is 0 Å². The lowest BCUT2D eigenvalue weighted by molar-refractivity contribution is -0.137. The zero-order valence-electron chi connectivity index (χ0n) is 18.0. The Labute approximate surface area is 181 Å². The number of alkyl halides is 3. The number of aliphatic imine (C=N–C) groups is 1. The van der Waals surface area contributed by atoms with Crippen LogP contribution in [0.15, 0.2) is 65.7 Å². The molecular weight excluding hydrogens is 399 g/mol. The molecule has 2 nitrogen and oxygen atoms in total. The Bertz CT molecular complexity index is 1050. The highest BCUT2D eigenvalue weighted by molar-refractivity contribution is 5.87. The summed E-state index contributed by atoms with van der Waals surface area (Å²) in [5.74, 6) is 0.636. The van der Waals surface area contributed by atoms with Gasteiger partial charge < -0.3 is 5.11 Å². The summed E-state index contributed by atoms with van der Waals surface area (Å²) < 4.78 is 38.3. The number of halogens is 3. The van der Waals surface area contributed by atoms with Crippen LogP contribution in [0.5, 0.6) is 5.75 Å². The van der Waals surface area contributed by atoms with E-state index in [0.717, 1.165) is 28.9 Å². The van der Waals surface area contributed by atoms with Gasteiger partial charge in [0.2, 0.25) is 0 Å². The molecule has 0 fully saturated rings. The van der Waals surface area contributed by atoms with Crippen molar-refractivity contribution < 1.29 is 18.3 Å². The first-order valence-electron chi connectivity index (χ1n) is 10.3. The van der Waals surface area contributed by atoms with E-state index in [9.17, 15) is 18.3 Å². The second-order valence-corrected chi connectivity index (χ2v) is 8.20. The largest absolute Gasteiger partial charge is 0.507 e. The molecule has 0 atom stereocenters. The molecule has 3 aromatic rings. The molecule has 3 aromatic carbocycles. The first-order chi connectivity index (χ1) is 14.6. The number of nitrogens with zero attached hydrogens (tertiary/aromatic N) is 1. The second-order valence-electron chi connectivity index (χ2n) is 8.20. The third-order valence-corrected chi connectivity index (χ3v) is 5.25. The van der Waals surface area contributed by atoms with Crippen LogP contribution in [0.1, 0.15) is 61.8 Å². The van der Waals surface area contributed by atoms with Crippen LogP contribution in [0, 0.1) is 0 Å². The molecule has 31 heavy (non-hydrogen) atoms. The maximum absolute atomic E-state index is 12.8. The van der Waals surface area contributed by atoms with Gasteiger partial charge in [-0.25, -0.2) is 0 Å². The van der Waals surface area contributed by atoms with Gasteiger partial charge in [0, 0.05) is 11.8 Å². The molecule has 0 heterocycles. The number of para-hydroxylation sites is 1. The van der Waals surface area contributed by atoms with Crippen LogP contribution in [0.25, 0.3) is 11.1 Å². The molecule has 0 spiro atoms. The van der Waals surface area contributed by atoms with Crippen molar-refractivity contribution in [3.05, 3.63) is 82.9 Å². The van der Waals surface area contributed by atoms with Crippen molar-refractivity contribution in [1.82, 2.24) is 0 Å². The van der Waals surface area contributed by atoms with Gasteiger partial charge in [-0.05, 0) is 58.4 Å². The second kappa shape index (κ2) is 8.96. The number of rotatable bonds is 5. The average molecular weight is 425 g/mol. The van der Waals surface area contributed by atoms with Crippen LogP contribution in [0.4, 0.5) is 18.9 Å². The lowest BCUT2D eigenvalue weighted by atomic mass is 9.93. The molecule has 5 heteroatoms. The van der Waals surface area contributed by atoms with Gasteiger partial charge in [-0.1, -0.05) is 64.1 Å². The Morgan fingerprint density at radius 1 is 0.806 bits per heavy atom. The van der Waals surface area contributed by atoms with E-state index in [1.54, 1.807) is 24.4 Å². The van der Waals surface area contributed by atoms with Crippen molar-refractivity contribution >= 4 is 11.9 Å². The number of hydrogen-bond acceptors (Lipinski definition) is 2. The summed E-state index contributed by atoms with van der Waals surface area (Å²) >= 11 is 0. The first kappa shape index (κ1) is 22.6. The van der Waals surface area contributed by atoms with Gasteiger partial charge in [-0.3, -0.25) is 4.99 Å². The molecule has 0 radical (unpaired) electrons. The summed E-state index contributed by atoms with van der Waals surface area (Å²) in [5, 5.41) is 10.5. The van der Waals surface area contributed by atoms with Crippen LogP contribution in [0.2, 0.25) is 0 Å². The summed E-state index contributed by atoms with van der Waals surface area (Å²) in [6.07, 6.45) is -2.74. The number of benzene rings is 3. The molecule has 0 aliphatic rings. The van der Waals surface area contributed by atoms with Gasteiger partial charge in [0.15, 0.2) is 0 Å². The third kappa shape index (κ3) is 5.16. The van der Waals surface area contributed by atoms with Gasteiger partial charge in [0.05, 0.1) is 11.3 Å². The molecule has 3 rings (SSSR count). The van der Waals surface area contributed by atoms with Crippen molar-refractivity contribution in [3.63, 3.8) is 0 Å². The molecule has 1 N–H and O–H groups in total. The molecule has 0 bridgehead atoms. The van der Waals surface area contributed by atoms with E-state index >= 15 is 0 Å². The van der Waals surface area contributed by atoms with Crippen LogP contribution < -0.4 is 0 Å². The number of phenolic OH excluding ortho intramolecular Hbond substituents is 1. The molecule has 162 valence electrons. The van der Waals surface area contributed by atoms with E-state index in [-0.39, 0.29) is 5.75 Å². The maximum Gasteiger partial charge on any atom is 0.416 e. The Balaban J connectivity index is 1.92. The van der Waals surface area contributed by atoms with Gasteiger partial charge in [0.25, 0.3) is 0 Å². The summed E-state index contributed by atoms with van der Waals surface area (Å²) in [7, 11) is 0. The highest BCUT2D eigenvalue weighted by Crippen LogP contribution is 2.35. The minimum absolute atomic E-state index is 0.0225. The highest BCUT2D eigenvalue weighted by atomic mass is 19.4. The van der Waals surface area contributed by atoms with E-state index in [2.05, 4.69) is 39.8 Å². The van der Waals surface area contributed by atoms with Gasteiger partial charge in [-0.15, -0.1) is 0 Å². The van der Waals surface area contributed by atoms with Crippen molar-refractivity contribution in [2.24, 2.45) is 4.99 Å². The topological polar surface area (TPSA) is 32.6 Å². The molecule has 0 saturated carbocycles. The van der Waals surface area contributed by atoms with Gasteiger partial charge in [-0.2, -0.15) is 13.2 Å². The number of phenols is 1. The highest BCUT2D eigenvalue weighted by Gasteiger charge is 2.30. The molecule has 0 saturated heterocycles. The molecule has 0 amide bonds. The Kier molecular flexibility index (Phi) is 6.54. The molecular formula is C26H26F3NO. The number of hydrogen-bond donors (Lipinski definition) is 1. The molecule has 0 aliphatic carbocycles. The van der Waals surface area contributed by atoms with Crippen LogP contribution in [-0.4, -0.2) is 11.3 Å². The smallest absolute Gasteiger partial charge is 0.416 e. The Morgan fingerprint density at radius 2 is 1.35 bits per heavy atom. The SMILES string of the molecule is CC(C)c1cccc(C(C)C)c1/N=C/c1ccc(-c2ccc(C(F)(F)F)cc2)cc1O. The average Bonchev–Trinajstić information content (AvgIpc) is 2.71. The standard InChI is InChI=1S/C26H26F3NO/c1-16(2)22-6-5-7-23(17(3)4)25(22)30-15-20-9-8-19(14-24(20)31)18-10-12-21(13-11-18)26(27,28)29/h5-17,31H,1-4H3/b30-15+. The zero-order chi connectivity index (χ0) is 22.8. The fourth-order valence-corrected chi connectivity index (χ4v) is 3.48. The predicted molar refractivity (Wildman–Crippen MR) is 120 cm³/mol. The molecule has 0 aliphatic heterocycles. The van der Waals surface area contributed by atoms with Crippen molar-refractivity contribution in [3.8, 4) is 16.9 Å². The Hall–Kier alpha value is -3.08. The number of aromatic hydroxyl groups is 1. The van der Waals surface area contributed by atoms with E-state index in [1.807, 2.05) is 6.07 Å². The van der Waals surface area contributed by atoms with E-state index in [0.29, 0.717) is 28.5 Å². The zero-order valence-corrected chi connectivity index (χ0v) is 18.0. The summed E-state index contributed by atoms with van der Waals surface area (Å²) in [4.78, 5) is 4.71. The monoisotopic (exact) mass is 425 g/mol. The van der Waals surface area contributed by atoms with Crippen LogP contribution in [-0.2, 0) is 6.18 Å². The van der Waals surface area contributed by atoms with Gasteiger partial charge in [0.1, 0.15) is 5.75 Å². The summed E-state index contributed by atoms with van der Waals surface area (Å²) in [6.45, 7) is 8.48. The molecule has 0 aromatic heterocycles. The van der Waals surface area contributed by atoms with E-state index < -0.39 is 11.7 Å².